The van der Waals surface area contributed by atoms with Crippen LogP contribution in [0.2, 0.25) is 0 Å². The second-order valence-corrected chi connectivity index (χ2v) is 15.2. The Morgan fingerprint density at radius 2 is 0.727 bits per heavy atom. The molecule has 0 spiro atoms. The molecule has 0 N–H and O–H groups in total. The first-order valence-electron chi connectivity index (χ1n) is 19.2. The van der Waals surface area contributed by atoms with E-state index >= 15 is 0 Å². The van der Waals surface area contributed by atoms with Crippen molar-refractivity contribution in [3.8, 4) is 33.4 Å². The van der Waals surface area contributed by atoms with Crippen LogP contribution in [0.4, 0.5) is 0 Å². The van der Waals surface area contributed by atoms with E-state index < -0.39 is 5.41 Å². The van der Waals surface area contributed by atoms with E-state index in [9.17, 15) is 0 Å². The van der Waals surface area contributed by atoms with Crippen molar-refractivity contribution in [3.63, 3.8) is 0 Å². The van der Waals surface area contributed by atoms with Gasteiger partial charge in [-0.3, -0.25) is 0 Å². The van der Waals surface area contributed by atoms with Gasteiger partial charge in [-0.1, -0.05) is 170 Å². The van der Waals surface area contributed by atoms with Crippen molar-refractivity contribution >= 4 is 53.9 Å². The van der Waals surface area contributed by atoms with Crippen LogP contribution in [0, 0.1) is 0 Å². The molecule has 0 heteroatoms. The van der Waals surface area contributed by atoms with Gasteiger partial charge in [0.05, 0.1) is 5.41 Å². The van der Waals surface area contributed by atoms with E-state index in [0.29, 0.717) is 0 Å². The minimum atomic E-state index is -0.466. The van der Waals surface area contributed by atoms with Crippen LogP contribution in [-0.4, -0.2) is 0 Å². The van der Waals surface area contributed by atoms with Gasteiger partial charge < -0.3 is 0 Å². The summed E-state index contributed by atoms with van der Waals surface area (Å²) in [5.41, 5.74) is 12.4. The lowest BCUT2D eigenvalue weighted by Crippen LogP contribution is -2.28. The Bertz CT molecular complexity index is 3190. The summed E-state index contributed by atoms with van der Waals surface area (Å²) in [5.74, 6) is 0. The van der Waals surface area contributed by atoms with Gasteiger partial charge in [0, 0.05) is 0 Å². The molecule has 0 saturated heterocycles. The van der Waals surface area contributed by atoms with Gasteiger partial charge in [0.2, 0.25) is 0 Å². The van der Waals surface area contributed by atoms with Crippen LogP contribution in [0.15, 0.2) is 206 Å². The number of benzene rings is 11. The number of hydrogen-bond acceptors (Lipinski definition) is 0. The summed E-state index contributed by atoms with van der Waals surface area (Å²) < 4.78 is 0. The Balaban J connectivity index is 1.07. The molecule has 55 heavy (non-hydrogen) atoms. The molecule has 12 rings (SSSR count). The Kier molecular flexibility index (Phi) is 6.36. The number of hydrogen-bond donors (Lipinski definition) is 0. The molecule has 0 aliphatic heterocycles. The van der Waals surface area contributed by atoms with E-state index in [1.54, 1.807) is 0 Å². The maximum atomic E-state index is 2.49. The molecule has 0 bridgehead atoms. The quantitative estimate of drug-likeness (QED) is 0.161. The van der Waals surface area contributed by atoms with Gasteiger partial charge >= 0.3 is 0 Å². The first-order chi connectivity index (χ1) is 27.2. The van der Waals surface area contributed by atoms with Gasteiger partial charge in [0.25, 0.3) is 0 Å². The van der Waals surface area contributed by atoms with E-state index in [-0.39, 0.29) is 0 Å². The minimum Gasteiger partial charge on any atom is -0.0622 e. The average molecular weight is 695 g/mol. The Labute approximate surface area is 319 Å². The molecular weight excluding hydrogens is 661 g/mol. The van der Waals surface area contributed by atoms with Crippen LogP contribution < -0.4 is 0 Å². The third-order valence-electron chi connectivity index (χ3n) is 12.4. The van der Waals surface area contributed by atoms with Crippen LogP contribution in [0.3, 0.4) is 0 Å². The molecule has 11 aromatic carbocycles. The standard InChI is InChI=1S/C55H34/c1-3-14-46(15-4-1)55(47-16-5-2-6-17-47)50-28-26-36-12-9-10-18-48(36)54(50)49-27-25-39(34-51(49)55)45-32-42-23-21-40-30-44(31-41-22-24-43(33-45)53(42)52(40)41)38-20-19-35-11-7-8-13-37(35)29-38/h1-34H. The predicted molar refractivity (Wildman–Crippen MR) is 233 cm³/mol. The molecule has 254 valence electrons. The lowest BCUT2D eigenvalue weighted by atomic mass is 9.67. The highest BCUT2D eigenvalue weighted by molar-refractivity contribution is 6.24. The maximum Gasteiger partial charge on any atom is 0.0714 e. The predicted octanol–water partition coefficient (Wildman–Crippen LogP) is 14.6. The second-order valence-electron chi connectivity index (χ2n) is 15.2. The first-order valence-corrected chi connectivity index (χ1v) is 19.2. The smallest absolute Gasteiger partial charge is 0.0622 e. The van der Waals surface area contributed by atoms with Gasteiger partial charge in [0.1, 0.15) is 0 Å². The molecule has 0 unspecified atom stereocenters. The van der Waals surface area contributed by atoms with E-state index in [0.717, 1.165) is 0 Å². The van der Waals surface area contributed by atoms with Crippen LogP contribution in [0.25, 0.3) is 87.2 Å². The van der Waals surface area contributed by atoms with Crippen LogP contribution in [0.5, 0.6) is 0 Å². The van der Waals surface area contributed by atoms with Crippen LogP contribution in [-0.2, 0) is 5.41 Å². The maximum absolute atomic E-state index is 2.49. The normalized spacial score (nSPS) is 13.2. The summed E-state index contributed by atoms with van der Waals surface area (Å²) in [5, 5.41) is 12.9. The molecule has 0 fully saturated rings. The monoisotopic (exact) mass is 694 g/mol. The summed E-state index contributed by atoms with van der Waals surface area (Å²) in [7, 11) is 0. The highest BCUT2D eigenvalue weighted by Gasteiger charge is 2.46. The van der Waals surface area contributed by atoms with Crippen molar-refractivity contribution in [3.05, 3.63) is 229 Å². The molecule has 0 nitrogen and oxygen atoms in total. The van der Waals surface area contributed by atoms with Gasteiger partial charge in [-0.25, -0.2) is 0 Å². The highest BCUT2D eigenvalue weighted by atomic mass is 14.5. The summed E-state index contributed by atoms with van der Waals surface area (Å²) in [6, 6.07) is 77.3. The summed E-state index contributed by atoms with van der Waals surface area (Å²) in [4.78, 5) is 0. The van der Waals surface area contributed by atoms with Gasteiger partial charge in [0.15, 0.2) is 0 Å². The molecule has 0 radical (unpaired) electrons. The fourth-order valence-electron chi connectivity index (χ4n) is 9.98. The SMILES string of the molecule is c1ccc(C2(c3ccccc3)c3cc(-c4cc5ccc6cc(-c7ccc8ccccc8c7)cc7ccc(c4)c5c67)ccc3-c3c2ccc2ccccc32)cc1. The van der Waals surface area contributed by atoms with E-state index in [2.05, 4.69) is 206 Å². The van der Waals surface area contributed by atoms with Crippen molar-refractivity contribution in [2.24, 2.45) is 0 Å². The fraction of sp³-hybridized carbons (Fsp3) is 0.0182. The zero-order chi connectivity index (χ0) is 36.1. The van der Waals surface area contributed by atoms with Crippen molar-refractivity contribution in [1.82, 2.24) is 0 Å². The first kappa shape index (κ1) is 30.4. The molecule has 11 aromatic rings. The number of fused-ring (bicyclic) bond motifs is 6. The fourth-order valence-corrected chi connectivity index (χ4v) is 9.98. The average Bonchev–Trinajstić information content (AvgIpc) is 3.56. The molecule has 0 atom stereocenters. The lowest BCUT2D eigenvalue weighted by molar-refractivity contribution is 0.769. The van der Waals surface area contributed by atoms with Gasteiger partial charge in [-0.05, 0) is 146 Å². The Hall–Kier alpha value is -7.02. The molecule has 0 heterocycles. The molecule has 1 aliphatic carbocycles. The third kappa shape index (κ3) is 4.34. The van der Waals surface area contributed by atoms with Crippen molar-refractivity contribution < 1.29 is 0 Å². The largest absolute Gasteiger partial charge is 0.0714 e. The van der Waals surface area contributed by atoms with E-state index in [4.69, 9.17) is 0 Å². The molecular formula is C55H34. The summed E-state index contributed by atoms with van der Waals surface area (Å²) >= 11 is 0. The van der Waals surface area contributed by atoms with Crippen molar-refractivity contribution in [2.45, 2.75) is 5.41 Å². The van der Waals surface area contributed by atoms with Crippen LogP contribution in [0.1, 0.15) is 22.3 Å². The van der Waals surface area contributed by atoms with E-state index in [1.165, 1.54) is 109 Å². The highest BCUT2D eigenvalue weighted by Crippen LogP contribution is 2.58. The van der Waals surface area contributed by atoms with E-state index in [1.807, 2.05) is 0 Å². The third-order valence-corrected chi connectivity index (χ3v) is 12.4. The Morgan fingerprint density at radius 3 is 1.35 bits per heavy atom. The van der Waals surface area contributed by atoms with Crippen molar-refractivity contribution in [2.75, 3.05) is 0 Å². The summed E-state index contributed by atoms with van der Waals surface area (Å²) in [6.45, 7) is 0. The lowest BCUT2D eigenvalue weighted by Gasteiger charge is -2.34. The Morgan fingerprint density at radius 1 is 0.273 bits per heavy atom. The van der Waals surface area contributed by atoms with Gasteiger partial charge in [-0.15, -0.1) is 0 Å². The zero-order valence-electron chi connectivity index (χ0n) is 30.1. The second kappa shape index (κ2) is 11.5. The van der Waals surface area contributed by atoms with Gasteiger partial charge in [-0.2, -0.15) is 0 Å². The van der Waals surface area contributed by atoms with Crippen LogP contribution >= 0.6 is 0 Å². The minimum absolute atomic E-state index is 0.466. The molecule has 1 aliphatic rings. The number of rotatable bonds is 4. The molecule has 0 saturated carbocycles. The molecule has 0 amide bonds. The molecule has 0 aromatic heterocycles. The topological polar surface area (TPSA) is 0 Å². The zero-order valence-corrected chi connectivity index (χ0v) is 30.1. The van der Waals surface area contributed by atoms with Crippen molar-refractivity contribution in [1.29, 1.82) is 0 Å². The summed E-state index contributed by atoms with van der Waals surface area (Å²) in [6.07, 6.45) is 0.